The molecule has 1 atom stereocenters. The van der Waals surface area contributed by atoms with Gasteiger partial charge in [-0.25, -0.2) is 0 Å². The van der Waals surface area contributed by atoms with Crippen molar-refractivity contribution in [3.63, 3.8) is 0 Å². The van der Waals surface area contributed by atoms with Crippen LogP contribution in [0.2, 0.25) is 0 Å². The molecule has 0 bridgehead atoms. The van der Waals surface area contributed by atoms with Crippen molar-refractivity contribution in [1.82, 2.24) is 5.32 Å². The Morgan fingerprint density at radius 3 is 2.19 bits per heavy atom. The van der Waals surface area contributed by atoms with Gasteiger partial charge in [0, 0.05) is 6.04 Å². The molecule has 0 fully saturated rings. The van der Waals surface area contributed by atoms with Gasteiger partial charge in [-0.05, 0) is 56.8 Å². The van der Waals surface area contributed by atoms with Crippen LogP contribution in [0, 0.1) is 20.8 Å². The van der Waals surface area contributed by atoms with Crippen LogP contribution >= 0.6 is 0 Å². The highest BCUT2D eigenvalue weighted by Crippen LogP contribution is 2.15. The minimum absolute atomic E-state index is 0.498. The van der Waals surface area contributed by atoms with E-state index in [0.717, 1.165) is 19.4 Å². The zero-order valence-corrected chi connectivity index (χ0v) is 13.7. The van der Waals surface area contributed by atoms with Crippen molar-refractivity contribution in [3.8, 4) is 0 Å². The third-order valence-corrected chi connectivity index (χ3v) is 4.07. The van der Waals surface area contributed by atoms with Gasteiger partial charge < -0.3 is 5.32 Å². The van der Waals surface area contributed by atoms with Crippen LogP contribution in [0.25, 0.3) is 0 Å². The molecule has 0 aliphatic rings. The Hall–Kier alpha value is -1.60. The first kappa shape index (κ1) is 15.8. The average Bonchev–Trinajstić information content (AvgIpc) is 2.45. The normalized spacial score (nSPS) is 12.4. The molecule has 2 rings (SSSR count). The standard InChI is InChI=1S/C20H27N/c1-5-21-20(13-18-10-7-15(2)8-11-18)14-19-12-16(3)6-9-17(19)4/h6-12,20-21H,5,13-14H2,1-4H3. The minimum atomic E-state index is 0.498. The summed E-state index contributed by atoms with van der Waals surface area (Å²) in [6.45, 7) is 9.73. The fourth-order valence-corrected chi connectivity index (χ4v) is 2.80. The van der Waals surface area contributed by atoms with Crippen LogP contribution in [-0.2, 0) is 12.8 Å². The van der Waals surface area contributed by atoms with Gasteiger partial charge in [-0.2, -0.15) is 0 Å². The zero-order valence-electron chi connectivity index (χ0n) is 13.7. The van der Waals surface area contributed by atoms with Crippen molar-refractivity contribution >= 4 is 0 Å². The van der Waals surface area contributed by atoms with Crippen LogP contribution in [0.5, 0.6) is 0 Å². The lowest BCUT2D eigenvalue weighted by Crippen LogP contribution is -2.33. The average molecular weight is 281 g/mol. The van der Waals surface area contributed by atoms with Crippen LogP contribution in [0.15, 0.2) is 42.5 Å². The number of likely N-dealkylation sites (N-methyl/N-ethyl adjacent to an activating group) is 1. The van der Waals surface area contributed by atoms with Gasteiger partial charge in [-0.15, -0.1) is 0 Å². The molecule has 0 spiro atoms. The third-order valence-electron chi connectivity index (χ3n) is 4.07. The van der Waals surface area contributed by atoms with E-state index in [0.29, 0.717) is 6.04 Å². The van der Waals surface area contributed by atoms with Crippen LogP contribution in [-0.4, -0.2) is 12.6 Å². The molecule has 0 saturated heterocycles. The predicted molar refractivity (Wildman–Crippen MR) is 92.0 cm³/mol. The lowest BCUT2D eigenvalue weighted by atomic mass is 9.95. The molecule has 0 aliphatic heterocycles. The van der Waals surface area contributed by atoms with Gasteiger partial charge in [0.05, 0.1) is 0 Å². The molecular formula is C20H27N. The lowest BCUT2D eigenvalue weighted by molar-refractivity contribution is 0.520. The predicted octanol–water partition coefficient (Wildman–Crippen LogP) is 4.38. The van der Waals surface area contributed by atoms with Gasteiger partial charge in [0.1, 0.15) is 0 Å². The van der Waals surface area contributed by atoms with Gasteiger partial charge in [0.25, 0.3) is 0 Å². The highest BCUT2D eigenvalue weighted by atomic mass is 14.9. The number of aryl methyl sites for hydroxylation is 3. The lowest BCUT2D eigenvalue weighted by Gasteiger charge is -2.20. The Morgan fingerprint density at radius 1 is 0.857 bits per heavy atom. The second-order valence-corrected chi connectivity index (χ2v) is 6.08. The molecule has 0 aromatic heterocycles. The van der Waals surface area contributed by atoms with Crippen molar-refractivity contribution in [2.45, 2.75) is 46.6 Å². The maximum absolute atomic E-state index is 3.64. The molecule has 112 valence electrons. The van der Waals surface area contributed by atoms with E-state index in [1.54, 1.807) is 0 Å². The Bertz CT molecular complexity index is 569. The van der Waals surface area contributed by atoms with Crippen molar-refractivity contribution in [3.05, 3.63) is 70.3 Å². The summed E-state index contributed by atoms with van der Waals surface area (Å²) in [5, 5.41) is 3.64. The maximum atomic E-state index is 3.64. The smallest absolute Gasteiger partial charge is 0.0148 e. The van der Waals surface area contributed by atoms with Crippen molar-refractivity contribution in [1.29, 1.82) is 0 Å². The van der Waals surface area contributed by atoms with Crippen molar-refractivity contribution < 1.29 is 0 Å². The molecule has 0 saturated carbocycles. The maximum Gasteiger partial charge on any atom is 0.0148 e. The molecule has 2 aromatic rings. The first-order valence-electron chi connectivity index (χ1n) is 7.93. The van der Waals surface area contributed by atoms with Crippen LogP contribution in [0.4, 0.5) is 0 Å². The van der Waals surface area contributed by atoms with E-state index in [-0.39, 0.29) is 0 Å². The summed E-state index contributed by atoms with van der Waals surface area (Å²) in [5.41, 5.74) is 6.95. The summed E-state index contributed by atoms with van der Waals surface area (Å²) in [6, 6.07) is 16.2. The van der Waals surface area contributed by atoms with E-state index in [2.05, 4.69) is 75.5 Å². The number of hydrogen-bond acceptors (Lipinski definition) is 1. The van der Waals surface area contributed by atoms with E-state index in [1.807, 2.05) is 0 Å². The highest BCUT2D eigenvalue weighted by molar-refractivity contribution is 5.31. The summed E-state index contributed by atoms with van der Waals surface area (Å²) < 4.78 is 0. The Balaban J connectivity index is 2.11. The topological polar surface area (TPSA) is 12.0 Å². The fraction of sp³-hybridized carbons (Fsp3) is 0.400. The molecule has 1 nitrogen and oxygen atoms in total. The van der Waals surface area contributed by atoms with Gasteiger partial charge in [-0.1, -0.05) is 60.5 Å². The van der Waals surface area contributed by atoms with Crippen LogP contribution in [0.3, 0.4) is 0 Å². The van der Waals surface area contributed by atoms with Crippen LogP contribution in [0.1, 0.15) is 34.7 Å². The zero-order chi connectivity index (χ0) is 15.2. The van der Waals surface area contributed by atoms with E-state index in [9.17, 15) is 0 Å². The number of rotatable bonds is 6. The molecule has 1 N–H and O–H groups in total. The second-order valence-electron chi connectivity index (χ2n) is 6.08. The molecule has 21 heavy (non-hydrogen) atoms. The summed E-state index contributed by atoms with van der Waals surface area (Å²) in [5.74, 6) is 0. The van der Waals surface area contributed by atoms with E-state index < -0.39 is 0 Å². The second kappa shape index (κ2) is 7.42. The molecular weight excluding hydrogens is 254 g/mol. The quantitative estimate of drug-likeness (QED) is 0.829. The molecule has 0 amide bonds. The fourth-order valence-electron chi connectivity index (χ4n) is 2.80. The Labute approximate surface area is 129 Å². The highest BCUT2D eigenvalue weighted by Gasteiger charge is 2.11. The molecule has 1 unspecified atom stereocenters. The monoisotopic (exact) mass is 281 g/mol. The van der Waals surface area contributed by atoms with Crippen molar-refractivity contribution in [2.75, 3.05) is 6.54 Å². The van der Waals surface area contributed by atoms with Gasteiger partial charge in [-0.3, -0.25) is 0 Å². The Morgan fingerprint density at radius 2 is 1.52 bits per heavy atom. The summed E-state index contributed by atoms with van der Waals surface area (Å²) >= 11 is 0. The molecule has 1 heteroatoms. The molecule has 0 aliphatic carbocycles. The van der Waals surface area contributed by atoms with Gasteiger partial charge in [0.2, 0.25) is 0 Å². The first-order valence-corrected chi connectivity index (χ1v) is 7.93. The number of benzene rings is 2. The van der Waals surface area contributed by atoms with Crippen LogP contribution < -0.4 is 5.32 Å². The first-order chi connectivity index (χ1) is 10.1. The number of hydrogen-bond donors (Lipinski definition) is 1. The van der Waals surface area contributed by atoms with Gasteiger partial charge in [0.15, 0.2) is 0 Å². The van der Waals surface area contributed by atoms with Crippen molar-refractivity contribution in [2.24, 2.45) is 0 Å². The molecule has 0 heterocycles. The molecule has 2 aromatic carbocycles. The summed E-state index contributed by atoms with van der Waals surface area (Å²) in [7, 11) is 0. The summed E-state index contributed by atoms with van der Waals surface area (Å²) in [6.07, 6.45) is 2.18. The van der Waals surface area contributed by atoms with E-state index in [4.69, 9.17) is 0 Å². The minimum Gasteiger partial charge on any atom is -0.314 e. The Kier molecular flexibility index (Phi) is 5.58. The largest absolute Gasteiger partial charge is 0.314 e. The number of nitrogens with one attached hydrogen (secondary N) is 1. The van der Waals surface area contributed by atoms with E-state index >= 15 is 0 Å². The summed E-state index contributed by atoms with van der Waals surface area (Å²) in [4.78, 5) is 0. The SMILES string of the molecule is CCNC(Cc1ccc(C)cc1)Cc1cc(C)ccc1C. The van der Waals surface area contributed by atoms with E-state index in [1.165, 1.54) is 27.8 Å². The molecule has 0 radical (unpaired) electrons. The third kappa shape index (κ3) is 4.71. The van der Waals surface area contributed by atoms with Gasteiger partial charge >= 0.3 is 0 Å².